The molecule has 1 heterocycles. The van der Waals surface area contributed by atoms with Gasteiger partial charge in [-0.1, -0.05) is 67.9 Å². The number of allylic oxidation sites excluding steroid dienone is 1. The minimum atomic E-state index is -0.671. The fourth-order valence-corrected chi connectivity index (χ4v) is 13.4. The molecule has 4 unspecified atom stereocenters. The number of hydrogen-bond acceptors (Lipinski definition) is 9. The lowest BCUT2D eigenvalue weighted by Gasteiger charge is -2.72. The third kappa shape index (κ3) is 6.87. The second kappa shape index (κ2) is 14.7. The first-order chi connectivity index (χ1) is 25.1. The minimum Gasteiger partial charge on any atom is -0.462 e. The number of oxazole rings is 1. The normalized spacial score (nSPS) is 36.9. The van der Waals surface area contributed by atoms with Crippen molar-refractivity contribution < 1.29 is 29.0 Å². The van der Waals surface area contributed by atoms with Crippen molar-refractivity contribution in [3.8, 4) is 0 Å². The van der Waals surface area contributed by atoms with Gasteiger partial charge in [0.15, 0.2) is 5.78 Å². The van der Waals surface area contributed by atoms with Crippen LogP contribution in [0.15, 0.2) is 28.0 Å². The Bertz CT molecular complexity index is 1570. The van der Waals surface area contributed by atoms with E-state index in [0.29, 0.717) is 37.2 Å². The Morgan fingerprint density at radius 1 is 1.00 bits per heavy atom. The maximum atomic E-state index is 14.2. The molecule has 0 saturated heterocycles. The molecule has 4 fully saturated rings. The van der Waals surface area contributed by atoms with E-state index >= 15 is 0 Å². The predicted molar refractivity (Wildman–Crippen MR) is 211 cm³/mol. The number of rotatable bonds is 13. The molecule has 0 radical (unpaired) electrons. The number of hydrogen-bond donors (Lipinski definition) is 2. The molecule has 4 saturated carbocycles. The van der Waals surface area contributed by atoms with Crippen LogP contribution in [-0.4, -0.2) is 89.3 Å². The van der Waals surface area contributed by atoms with E-state index in [9.17, 15) is 19.8 Å². The monoisotopic (exact) mass is 752 g/mol. The molecule has 0 spiro atoms. The summed E-state index contributed by atoms with van der Waals surface area (Å²) in [5.74, 6) is 2.02. The van der Waals surface area contributed by atoms with E-state index in [2.05, 4.69) is 77.3 Å². The van der Waals surface area contributed by atoms with Gasteiger partial charge in [0.05, 0.1) is 25.3 Å². The molecule has 54 heavy (non-hydrogen) atoms. The molecule has 1 aromatic heterocycles. The zero-order chi connectivity index (χ0) is 39.6. The quantitative estimate of drug-likeness (QED) is 0.196. The lowest BCUT2D eigenvalue weighted by molar-refractivity contribution is -0.235. The average Bonchev–Trinajstić information content (AvgIpc) is 3.70. The number of fused-ring (bicyclic) bond motifs is 7. The van der Waals surface area contributed by atoms with E-state index in [1.807, 2.05) is 13.8 Å². The number of carbonyl (C=O) groups excluding carboxylic acids is 2. The van der Waals surface area contributed by atoms with Gasteiger partial charge < -0.3 is 24.3 Å². The minimum absolute atomic E-state index is 0.000751. The summed E-state index contributed by atoms with van der Waals surface area (Å²) < 4.78 is 11.9. The van der Waals surface area contributed by atoms with Crippen LogP contribution in [0.1, 0.15) is 132 Å². The number of esters is 1. The van der Waals surface area contributed by atoms with Crippen molar-refractivity contribution in [2.45, 2.75) is 145 Å². The van der Waals surface area contributed by atoms with Crippen LogP contribution >= 0.6 is 0 Å². The highest BCUT2D eigenvalue weighted by Crippen LogP contribution is 2.77. The number of aromatic nitrogens is 1. The number of aliphatic hydroxyl groups is 2. The van der Waals surface area contributed by atoms with Gasteiger partial charge in [0.2, 0.25) is 5.89 Å². The molecule has 5 aliphatic carbocycles. The van der Waals surface area contributed by atoms with Gasteiger partial charge in [-0.25, -0.2) is 4.98 Å². The molecule has 2 N–H and O–H groups in total. The summed E-state index contributed by atoms with van der Waals surface area (Å²) in [5, 5.41) is 22.4. The summed E-state index contributed by atoms with van der Waals surface area (Å²) in [7, 11) is 4.14. The van der Waals surface area contributed by atoms with E-state index in [1.54, 1.807) is 12.5 Å². The zero-order valence-electron chi connectivity index (χ0n) is 35.6. The summed E-state index contributed by atoms with van der Waals surface area (Å²) in [5.41, 5.74) is 1.30. The van der Waals surface area contributed by atoms with Crippen LogP contribution in [0.5, 0.6) is 0 Å². The third-order valence-corrected chi connectivity index (χ3v) is 16.5. The number of likely N-dealkylation sites (N-methyl/N-ethyl adjacent to an activating group) is 1. The van der Waals surface area contributed by atoms with Gasteiger partial charge in [-0.2, -0.15) is 0 Å². The second-order valence-corrected chi connectivity index (χ2v) is 21.2. The number of aliphatic hydroxyl groups excluding tert-OH is 2. The van der Waals surface area contributed by atoms with Crippen LogP contribution < -0.4 is 0 Å². The van der Waals surface area contributed by atoms with Crippen molar-refractivity contribution in [1.29, 1.82) is 0 Å². The first kappa shape index (κ1) is 41.6. The Hall–Kier alpha value is -2.07. The maximum absolute atomic E-state index is 14.2. The Morgan fingerprint density at radius 2 is 1.72 bits per heavy atom. The molecule has 1 aromatic rings. The standard InChI is InChI=1S/C45H73N3O6/c1-29(2)38-31(50)24-45(34(51)26-48(22-21-47(10)11)27-36-46-20-23-53-36)19-18-43(8)30(39(38)45)12-13-33-42(7)16-15-35(54-37(52)25-40(3,4)28-49)41(5,6)32(42)14-17-44(33,43)9/h20,23,29-30,32-35,49,51H,12-19,21-22,24-28H2,1-11H3/t30?,32?,33-,34+,35-,42?,43+,44?,45-/m0/s1. The Labute approximate surface area is 326 Å². The van der Waals surface area contributed by atoms with E-state index in [1.165, 1.54) is 5.57 Å². The number of carbonyl (C=O) groups is 2. The summed E-state index contributed by atoms with van der Waals surface area (Å²) in [6.45, 7) is 23.1. The highest BCUT2D eigenvalue weighted by Gasteiger charge is 2.70. The summed E-state index contributed by atoms with van der Waals surface area (Å²) >= 11 is 0. The molecule has 304 valence electrons. The van der Waals surface area contributed by atoms with E-state index in [-0.39, 0.29) is 64.4 Å². The predicted octanol–water partition coefficient (Wildman–Crippen LogP) is 7.70. The van der Waals surface area contributed by atoms with Gasteiger partial charge >= 0.3 is 5.97 Å². The smallest absolute Gasteiger partial charge is 0.306 e. The maximum Gasteiger partial charge on any atom is 0.306 e. The zero-order valence-corrected chi connectivity index (χ0v) is 35.6. The first-order valence-electron chi connectivity index (χ1n) is 21.2. The van der Waals surface area contributed by atoms with Crippen molar-refractivity contribution in [2.24, 2.45) is 56.2 Å². The molecule has 0 bridgehead atoms. The molecule has 0 amide bonds. The van der Waals surface area contributed by atoms with Crippen LogP contribution in [0, 0.1) is 56.2 Å². The van der Waals surface area contributed by atoms with Crippen molar-refractivity contribution in [2.75, 3.05) is 40.3 Å². The first-order valence-corrected chi connectivity index (χ1v) is 21.2. The average molecular weight is 752 g/mol. The number of nitrogens with zero attached hydrogens (tertiary/aromatic N) is 3. The molecule has 9 heteroatoms. The fourth-order valence-electron chi connectivity index (χ4n) is 13.4. The largest absolute Gasteiger partial charge is 0.462 e. The summed E-state index contributed by atoms with van der Waals surface area (Å²) in [4.78, 5) is 36.2. The topological polar surface area (TPSA) is 116 Å². The SMILES string of the molecule is CC(C)C1=C2C3CC[C@H]4C5(C)CC[C@H](OC(=O)CC(C)(C)CO)C(C)(C)C5CCC4(C)[C@]3(C)CC[C@@]2([C@H](O)CN(CCN(C)C)Cc2ncco2)CC1=O. The van der Waals surface area contributed by atoms with E-state index in [0.717, 1.165) is 70.0 Å². The Balaban J connectivity index is 1.29. The van der Waals surface area contributed by atoms with Crippen LogP contribution in [0.2, 0.25) is 0 Å². The summed E-state index contributed by atoms with van der Waals surface area (Å²) in [6, 6.07) is 0. The molecular weight excluding hydrogens is 679 g/mol. The summed E-state index contributed by atoms with van der Waals surface area (Å²) in [6.07, 6.45) is 11.2. The molecule has 5 aliphatic rings. The van der Waals surface area contributed by atoms with Gasteiger partial charge in [0.1, 0.15) is 12.4 Å². The molecule has 9 nitrogen and oxygen atoms in total. The van der Waals surface area contributed by atoms with Crippen LogP contribution in [0.3, 0.4) is 0 Å². The van der Waals surface area contributed by atoms with E-state index in [4.69, 9.17) is 9.15 Å². The molecular formula is C45H73N3O6. The molecule has 0 aliphatic heterocycles. The van der Waals surface area contributed by atoms with Crippen molar-refractivity contribution in [1.82, 2.24) is 14.8 Å². The van der Waals surface area contributed by atoms with Gasteiger partial charge in [-0.05, 0) is 116 Å². The van der Waals surface area contributed by atoms with E-state index < -0.39 is 16.9 Å². The fraction of sp³-hybridized carbons (Fsp3) is 0.844. The Kier molecular flexibility index (Phi) is 11.3. The molecule has 6 rings (SSSR count). The number of ether oxygens (including phenoxy) is 1. The van der Waals surface area contributed by atoms with Crippen molar-refractivity contribution in [3.05, 3.63) is 29.5 Å². The van der Waals surface area contributed by atoms with Gasteiger partial charge in [-0.3, -0.25) is 14.5 Å². The lowest BCUT2D eigenvalue weighted by Crippen LogP contribution is -2.66. The molecule has 9 atom stereocenters. The Morgan fingerprint density at radius 3 is 2.35 bits per heavy atom. The number of Topliss-reactive ketones (excluding diaryl/α,β-unsaturated/α-hetero) is 1. The van der Waals surface area contributed by atoms with Crippen LogP contribution in [-0.2, 0) is 20.9 Å². The third-order valence-electron chi connectivity index (χ3n) is 16.5. The van der Waals surface area contributed by atoms with Gasteiger partial charge in [0.25, 0.3) is 0 Å². The number of ketones is 1. The second-order valence-electron chi connectivity index (χ2n) is 21.2. The van der Waals surface area contributed by atoms with Gasteiger partial charge in [0, 0.05) is 43.5 Å². The van der Waals surface area contributed by atoms with Crippen LogP contribution in [0.25, 0.3) is 0 Å². The lowest BCUT2D eigenvalue weighted by atomic mass is 9.33. The highest BCUT2D eigenvalue weighted by molar-refractivity contribution is 6.00. The molecule has 0 aromatic carbocycles. The highest BCUT2D eigenvalue weighted by atomic mass is 16.5. The van der Waals surface area contributed by atoms with Crippen LogP contribution in [0.4, 0.5) is 0 Å². The van der Waals surface area contributed by atoms with Crippen molar-refractivity contribution >= 4 is 11.8 Å². The van der Waals surface area contributed by atoms with Gasteiger partial charge in [-0.15, -0.1) is 0 Å². The van der Waals surface area contributed by atoms with Crippen molar-refractivity contribution in [3.63, 3.8) is 0 Å².